The van der Waals surface area contributed by atoms with Gasteiger partial charge in [0.2, 0.25) is 0 Å². The molecule has 124 valence electrons. The Bertz CT molecular complexity index is 905. The number of nitrogens with zero attached hydrogens (tertiary/aromatic N) is 4. The highest BCUT2D eigenvalue weighted by Crippen LogP contribution is 2.24. The third kappa shape index (κ3) is 3.63. The summed E-state index contributed by atoms with van der Waals surface area (Å²) in [6, 6.07) is 6.93. The number of carbonyl (C=O) groups is 1. The first-order valence-corrected chi connectivity index (χ1v) is 8.45. The number of hydrogen-bond donors (Lipinski definition) is 1. The fraction of sp³-hybridized carbons (Fsp3) is 0.133. The Morgan fingerprint density at radius 3 is 2.79 bits per heavy atom. The standard InChI is InChI=1S/C15H12BrCl2N5O/c1-22-13(4-5-19-22)15(24)20-14-11(16)8-23(21-14)7-9-2-3-10(17)6-12(9)18/h2-6,8H,7H2,1H3,(H,20,21,24). The highest BCUT2D eigenvalue weighted by molar-refractivity contribution is 9.10. The molecule has 0 aliphatic rings. The van der Waals surface area contributed by atoms with Gasteiger partial charge in [0.05, 0.1) is 11.0 Å². The van der Waals surface area contributed by atoms with Crippen LogP contribution in [0.2, 0.25) is 10.0 Å². The minimum Gasteiger partial charge on any atom is -0.303 e. The van der Waals surface area contributed by atoms with Crippen LogP contribution in [0, 0.1) is 0 Å². The van der Waals surface area contributed by atoms with E-state index in [1.165, 1.54) is 4.68 Å². The zero-order valence-electron chi connectivity index (χ0n) is 12.5. The van der Waals surface area contributed by atoms with Crippen LogP contribution in [0.4, 0.5) is 5.82 Å². The smallest absolute Gasteiger partial charge is 0.275 e. The summed E-state index contributed by atoms with van der Waals surface area (Å²) >= 11 is 15.5. The van der Waals surface area contributed by atoms with Crippen molar-refractivity contribution in [2.45, 2.75) is 6.54 Å². The van der Waals surface area contributed by atoms with Gasteiger partial charge in [-0.25, -0.2) is 0 Å². The average molecular weight is 429 g/mol. The molecule has 1 N–H and O–H groups in total. The van der Waals surface area contributed by atoms with E-state index in [0.29, 0.717) is 32.6 Å². The molecule has 2 heterocycles. The fourth-order valence-corrected chi connectivity index (χ4v) is 3.04. The van der Waals surface area contributed by atoms with E-state index in [4.69, 9.17) is 23.2 Å². The number of anilines is 1. The van der Waals surface area contributed by atoms with Crippen LogP contribution in [0.15, 0.2) is 41.1 Å². The summed E-state index contributed by atoms with van der Waals surface area (Å²) in [4.78, 5) is 12.2. The lowest BCUT2D eigenvalue weighted by atomic mass is 10.2. The maximum atomic E-state index is 12.2. The van der Waals surface area contributed by atoms with Crippen molar-refractivity contribution in [2.75, 3.05) is 5.32 Å². The van der Waals surface area contributed by atoms with E-state index < -0.39 is 0 Å². The highest BCUT2D eigenvalue weighted by atomic mass is 79.9. The van der Waals surface area contributed by atoms with Crippen molar-refractivity contribution in [3.05, 3.63) is 62.4 Å². The van der Waals surface area contributed by atoms with Gasteiger partial charge in [-0.2, -0.15) is 10.2 Å². The molecule has 0 radical (unpaired) electrons. The molecule has 0 aliphatic heterocycles. The molecule has 0 bridgehead atoms. The van der Waals surface area contributed by atoms with Crippen molar-refractivity contribution in [3.63, 3.8) is 0 Å². The first kappa shape index (κ1) is 17.0. The van der Waals surface area contributed by atoms with E-state index >= 15 is 0 Å². The summed E-state index contributed by atoms with van der Waals surface area (Å²) in [5.41, 5.74) is 1.32. The molecule has 3 aromatic rings. The van der Waals surface area contributed by atoms with Crippen LogP contribution in [-0.4, -0.2) is 25.5 Å². The van der Waals surface area contributed by atoms with Gasteiger partial charge in [-0.15, -0.1) is 0 Å². The molecule has 0 saturated carbocycles. The van der Waals surface area contributed by atoms with Crippen molar-refractivity contribution in [3.8, 4) is 0 Å². The second-order valence-corrected chi connectivity index (χ2v) is 6.75. The lowest BCUT2D eigenvalue weighted by Crippen LogP contribution is -2.17. The number of amides is 1. The molecule has 0 spiro atoms. The van der Waals surface area contributed by atoms with E-state index in [2.05, 4.69) is 31.4 Å². The normalized spacial score (nSPS) is 10.8. The number of nitrogens with one attached hydrogen (secondary N) is 1. The molecule has 0 atom stereocenters. The van der Waals surface area contributed by atoms with E-state index in [0.717, 1.165) is 5.56 Å². The van der Waals surface area contributed by atoms with Gasteiger partial charge < -0.3 is 5.32 Å². The van der Waals surface area contributed by atoms with Gasteiger partial charge in [0.25, 0.3) is 5.91 Å². The minimum atomic E-state index is -0.287. The Balaban J connectivity index is 1.78. The van der Waals surface area contributed by atoms with Crippen LogP contribution in [0.3, 0.4) is 0 Å². The third-order valence-corrected chi connectivity index (χ3v) is 4.52. The van der Waals surface area contributed by atoms with Crippen LogP contribution in [0.25, 0.3) is 0 Å². The molecule has 6 nitrogen and oxygen atoms in total. The van der Waals surface area contributed by atoms with Gasteiger partial charge in [-0.1, -0.05) is 29.3 Å². The molecule has 0 saturated heterocycles. The van der Waals surface area contributed by atoms with Gasteiger partial charge in [-0.3, -0.25) is 14.2 Å². The molecule has 0 fully saturated rings. The number of aryl methyl sites for hydroxylation is 1. The molecule has 2 aromatic heterocycles. The Hall–Kier alpha value is -1.83. The van der Waals surface area contributed by atoms with Crippen molar-refractivity contribution in [2.24, 2.45) is 7.05 Å². The first-order chi connectivity index (χ1) is 11.4. The Morgan fingerprint density at radius 1 is 1.33 bits per heavy atom. The molecule has 0 unspecified atom stereocenters. The lowest BCUT2D eigenvalue weighted by molar-refractivity contribution is 0.101. The summed E-state index contributed by atoms with van der Waals surface area (Å²) in [5, 5.41) is 12.2. The summed E-state index contributed by atoms with van der Waals surface area (Å²) in [6.45, 7) is 0.455. The largest absolute Gasteiger partial charge is 0.303 e. The number of halogens is 3. The Kier molecular flexibility index (Phi) is 4.93. The van der Waals surface area contributed by atoms with Gasteiger partial charge in [0.15, 0.2) is 5.82 Å². The van der Waals surface area contributed by atoms with Crippen LogP contribution in [0.5, 0.6) is 0 Å². The van der Waals surface area contributed by atoms with Gasteiger partial charge in [-0.05, 0) is 39.7 Å². The van der Waals surface area contributed by atoms with Crippen molar-refractivity contribution in [1.82, 2.24) is 19.6 Å². The topological polar surface area (TPSA) is 64.7 Å². The minimum absolute atomic E-state index is 0.287. The lowest BCUT2D eigenvalue weighted by Gasteiger charge is -2.05. The summed E-state index contributed by atoms with van der Waals surface area (Å²) in [6.07, 6.45) is 3.33. The number of aromatic nitrogens is 4. The van der Waals surface area contributed by atoms with E-state index in [9.17, 15) is 4.79 Å². The zero-order chi connectivity index (χ0) is 17.3. The molecule has 1 aromatic carbocycles. The van der Waals surface area contributed by atoms with Crippen molar-refractivity contribution < 1.29 is 4.79 Å². The predicted octanol–water partition coefficient (Wildman–Crippen LogP) is 3.99. The summed E-state index contributed by atoms with van der Waals surface area (Å²) in [5.74, 6) is 0.136. The quantitative estimate of drug-likeness (QED) is 0.683. The highest BCUT2D eigenvalue weighted by Gasteiger charge is 2.15. The monoisotopic (exact) mass is 427 g/mol. The van der Waals surface area contributed by atoms with Crippen molar-refractivity contribution in [1.29, 1.82) is 0 Å². The van der Waals surface area contributed by atoms with Crippen molar-refractivity contribution >= 4 is 50.9 Å². The predicted molar refractivity (Wildman–Crippen MR) is 96.7 cm³/mol. The van der Waals surface area contributed by atoms with Gasteiger partial charge in [0, 0.05) is 29.5 Å². The number of carbonyl (C=O) groups excluding carboxylic acids is 1. The first-order valence-electron chi connectivity index (χ1n) is 6.90. The number of benzene rings is 1. The summed E-state index contributed by atoms with van der Waals surface area (Å²) < 4.78 is 3.84. The molecular weight excluding hydrogens is 417 g/mol. The second kappa shape index (κ2) is 6.96. The molecule has 9 heteroatoms. The fourth-order valence-electron chi connectivity index (χ4n) is 2.16. The van der Waals surface area contributed by atoms with Gasteiger partial charge in [0.1, 0.15) is 5.69 Å². The van der Waals surface area contributed by atoms with E-state index in [1.54, 1.807) is 42.3 Å². The Morgan fingerprint density at radius 2 is 2.12 bits per heavy atom. The van der Waals surface area contributed by atoms with Crippen LogP contribution in [0.1, 0.15) is 16.1 Å². The molecule has 1 amide bonds. The van der Waals surface area contributed by atoms with Crippen LogP contribution >= 0.6 is 39.1 Å². The number of rotatable bonds is 4. The maximum absolute atomic E-state index is 12.2. The van der Waals surface area contributed by atoms with E-state index in [1.807, 2.05) is 6.07 Å². The SMILES string of the molecule is Cn1nccc1C(=O)Nc1nn(Cc2ccc(Cl)cc2Cl)cc1Br. The summed E-state index contributed by atoms with van der Waals surface area (Å²) in [7, 11) is 1.70. The van der Waals surface area contributed by atoms with Gasteiger partial charge >= 0.3 is 0 Å². The third-order valence-electron chi connectivity index (χ3n) is 3.35. The molecule has 3 rings (SSSR count). The maximum Gasteiger partial charge on any atom is 0.275 e. The molecule has 0 aliphatic carbocycles. The Labute approximate surface area is 156 Å². The number of hydrogen-bond acceptors (Lipinski definition) is 3. The van der Waals surface area contributed by atoms with Crippen LogP contribution in [-0.2, 0) is 13.6 Å². The van der Waals surface area contributed by atoms with E-state index in [-0.39, 0.29) is 5.91 Å². The average Bonchev–Trinajstić information content (AvgIpc) is 3.08. The second-order valence-electron chi connectivity index (χ2n) is 5.05. The molecular formula is C15H12BrCl2N5O. The molecule has 24 heavy (non-hydrogen) atoms. The zero-order valence-corrected chi connectivity index (χ0v) is 15.6. The van der Waals surface area contributed by atoms with Crippen LogP contribution < -0.4 is 5.32 Å².